The maximum absolute atomic E-state index is 12.9. The third-order valence-electron chi connectivity index (χ3n) is 3.95. The summed E-state index contributed by atoms with van der Waals surface area (Å²) in [7, 11) is 0. The fourth-order valence-electron chi connectivity index (χ4n) is 2.79. The van der Waals surface area contributed by atoms with Crippen LogP contribution in [0.15, 0.2) is 66.4 Å². The molecular weight excluding hydrogens is 277 g/mol. The third kappa shape index (κ3) is 3.61. The molecule has 22 heavy (non-hydrogen) atoms. The Balaban J connectivity index is 1.66. The van der Waals surface area contributed by atoms with Crippen LogP contribution in [-0.2, 0) is 11.3 Å². The Morgan fingerprint density at radius 3 is 2.45 bits per heavy atom. The van der Waals surface area contributed by atoms with Crippen LogP contribution in [0.25, 0.3) is 0 Å². The highest BCUT2D eigenvalue weighted by Crippen LogP contribution is 2.30. The highest BCUT2D eigenvalue weighted by atomic mass is 19.1. The minimum absolute atomic E-state index is 0.154. The van der Waals surface area contributed by atoms with Crippen molar-refractivity contribution in [2.24, 2.45) is 0 Å². The van der Waals surface area contributed by atoms with Crippen molar-refractivity contribution in [2.75, 3.05) is 0 Å². The molecule has 1 N–H and O–H groups in total. The second-order valence-corrected chi connectivity index (χ2v) is 5.63. The Morgan fingerprint density at radius 1 is 1.00 bits per heavy atom. The number of allylic oxidation sites excluding steroid dienone is 2. The standard InChI is InChI=1S/C19H18FNO/c20-17-8-6-14(7-9-17)13-21-18-10-16(11-19(22)12-18)15-4-2-1-3-5-15/h1-9,12,16,21H,10-11,13H2/t16-/m0/s1. The van der Waals surface area contributed by atoms with Crippen LogP contribution in [0.5, 0.6) is 0 Å². The number of halogens is 1. The average molecular weight is 295 g/mol. The predicted octanol–water partition coefficient (Wildman–Crippen LogP) is 3.95. The predicted molar refractivity (Wildman–Crippen MR) is 84.7 cm³/mol. The summed E-state index contributed by atoms with van der Waals surface area (Å²) in [5.41, 5.74) is 3.15. The summed E-state index contributed by atoms with van der Waals surface area (Å²) in [4.78, 5) is 11.9. The molecule has 1 aliphatic carbocycles. The fourth-order valence-corrected chi connectivity index (χ4v) is 2.79. The van der Waals surface area contributed by atoms with E-state index in [1.165, 1.54) is 17.7 Å². The molecule has 2 aromatic carbocycles. The first-order chi connectivity index (χ1) is 10.7. The van der Waals surface area contributed by atoms with E-state index in [0.717, 1.165) is 17.7 Å². The largest absolute Gasteiger partial charge is 0.384 e. The van der Waals surface area contributed by atoms with Gasteiger partial charge in [0.15, 0.2) is 5.78 Å². The van der Waals surface area contributed by atoms with Crippen molar-refractivity contribution >= 4 is 5.78 Å². The lowest BCUT2D eigenvalue weighted by atomic mass is 9.85. The summed E-state index contributed by atoms with van der Waals surface area (Å²) in [5.74, 6) is 0.149. The minimum atomic E-state index is -0.236. The number of ketones is 1. The van der Waals surface area contributed by atoms with E-state index in [0.29, 0.717) is 13.0 Å². The molecule has 2 aromatic rings. The Kier molecular flexibility index (Phi) is 4.33. The molecule has 1 atom stereocenters. The zero-order valence-electron chi connectivity index (χ0n) is 12.3. The van der Waals surface area contributed by atoms with Gasteiger partial charge < -0.3 is 5.32 Å². The van der Waals surface area contributed by atoms with Gasteiger partial charge in [-0.15, -0.1) is 0 Å². The molecular formula is C19H18FNO. The smallest absolute Gasteiger partial charge is 0.158 e. The third-order valence-corrected chi connectivity index (χ3v) is 3.95. The van der Waals surface area contributed by atoms with Crippen LogP contribution < -0.4 is 5.32 Å². The lowest BCUT2D eigenvalue weighted by Crippen LogP contribution is -2.21. The quantitative estimate of drug-likeness (QED) is 0.925. The van der Waals surface area contributed by atoms with Crippen LogP contribution in [0, 0.1) is 5.82 Å². The van der Waals surface area contributed by atoms with Crippen LogP contribution in [0.2, 0.25) is 0 Å². The van der Waals surface area contributed by atoms with E-state index in [1.807, 2.05) is 18.2 Å². The van der Waals surface area contributed by atoms with Gasteiger partial charge in [-0.3, -0.25) is 4.79 Å². The van der Waals surface area contributed by atoms with Gasteiger partial charge in [-0.2, -0.15) is 0 Å². The van der Waals surface area contributed by atoms with Crippen LogP contribution in [-0.4, -0.2) is 5.78 Å². The summed E-state index contributed by atoms with van der Waals surface area (Å²) in [6.45, 7) is 0.598. The zero-order chi connectivity index (χ0) is 15.4. The molecule has 1 aliphatic rings. The summed E-state index contributed by atoms with van der Waals surface area (Å²) in [5, 5.41) is 3.31. The first kappa shape index (κ1) is 14.5. The maximum atomic E-state index is 12.9. The van der Waals surface area contributed by atoms with Crippen molar-refractivity contribution in [1.29, 1.82) is 0 Å². The van der Waals surface area contributed by atoms with Gasteiger partial charge in [0, 0.05) is 24.7 Å². The Labute approximate surface area is 129 Å². The van der Waals surface area contributed by atoms with Gasteiger partial charge in [-0.25, -0.2) is 4.39 Å². The minimum Gasteiger partial charge on any atom is -0.384 e. The number of rotatable bonds is 4. The van der Waals surface area contributed by atoms with E-state index in [9.17, 15) is 9.18 Å². The number of nitrogens with one attached hydrogen (secondary N) is 1. The molecule has 112 valence electrons. The molecule has 0 aromatic heterocycles. The number of benzene rings is 2. The second kappa shape index (κ2) is 6.56. The maximum Gasteiger partial charge on any atom is 0.158 e. The molecule has 0 amide bonds. The first-order valence-electron chi connectivity index (χ1n) is 7.47. The Bertz CT molecular complexity index is 676. The van der Waals surface area contributed by atoms with E-state index >= 15 is 0 Å². The molecule has 0 saturated heterocycles. The topological polar surface area (TPSA) is 29.1 Å². The summed E-state index contributed by atoms with van der Waals surface area (Å²) >= 11 is 0. The molecule has 0 heterocycles. The van der Waals surface area contributed by atoms with E-state index in [1.54, 1.807) is 18.2 Å². The van der Waals surface area contributed by atoms with E-state index < -0.39 is 0 Å². The highest BCUT2D eigenvalue weighted by Gasteiger charge is 2.21. The summed E-state index contributed by atoms with van der Waals surface area (Å²) < 4.78 is 12.9. The van der Waals surface area contributed by atoms with Crippen LogP contribution in [0.1, 0.15) is 29.9 Å². The van der Waals surface area contributed by atoms with Gasteiger partial charge in [0.2, 0.25) is 0 Å². The van der Waals surface area contributed by atoms with Crippen molar-refractivity contribution in [3.05, 3.63) is 83.3 Å². The molecule has 0 saturated carbocycles. The second-order valence-electron chi connectivity index (χ2n) is 5.63. The number of hydrogen-bond acceptors (Lipinski definition) is 2. The van der Waals surface area contributed by atoms with Gasteiger partial charge >= 0.3 is 0 Å². The number of carbonyl (C=O) groups is 1. The van der Waals surface area contributed by atoms with Crippen LogP contribution >= 0.6 is 0 Å². The summed E-state index contributed by atoms with van der Waals surface area (Å²) in [6.07, 6.45) is 3.09. The van der Waals surface area contributed by atoms with Gasteiger partial charge in [-0.1, -0.05) is 42.5 Å². The van der Waals surface area contributed by atoms with Gasteiger partial charge in [0.1, 0.15) is 5.82 Å². The normalized spacial score (nSPS) is 18.0. The molecule has 2 nitrogen and oxygen atoms in total. The average Bonchev–Trinajstić information content (AvgIpc) is 2.55. The molecule has 0 unspecified atom stereocenters. The lowest BCUT2D eigenvalue weighted by molar-refractivity contribution is -0.115. The number of carbonyl (C=O) groups excluding carboxylic acids is 1. The van der Waals surface area contributed by atoms with Crippen LogP contribution in [0.4, 0.5) is 4.39 Å². The zero-order valence-corrected chi connectivity index (χ0v) is 12.3. The van der Waals surface area contributed by atoms with Crippen molar-refractivity contribution in [3.8, 4) is 0 Å². The van der Waals surface area contributed by atoms with Crippen molar-refractivity contribution < 1.29 is 9.18 Å². The van der Waals surface area contributed by atoms with Crippen molar-refractivity contribution in [1.82, 2.24) is 5.32 Å². The molecule has 0 aliphatic heterocycles. The molecule has 0 radical (unpaired) electrons. The summed E-state index contributed by atoms with van der Waals surface area (Å²) in [6, 6.07) is 16.5. The van der Waals surface area contributed by atoms with Crippen LogP contribution in [0.3, 0.4) is 0 Å². The molecule has 0 bridgehead atoms. The molecule has 0 spiro atoms. The van der Waals surface area contributed by atoms with Gasteiger partial charge in [0.05, 0.1) is 0 Å². The van der Waals surface area contributed by atoms with Gasteiger partial charge in [0.25, 0.3) is 0 Å². The fraction of sp³-hybridized carbons (Fsp3) is 0.211. The molecule has 3 rings (SSSR count). The Hall–Kier alpha value is -2.42. The SMILES string of the molecule is O=C1C=C(NCc2ccc(F)cc2)C[C@H](c2ccccc2)C1. The molecule has 3 heteroatoms. The van der Waals surface area contributed by atoms with E-state index in [-0.39, 0.29) is 17.5 Å². The first-order valence-corrected chi connectivity index (χ1v) is 7.47. The monoisotopic (exact) mass is 295 g/mol. The van der Waals surface area contributed by atoms with Gasteiger partial charge in [-0.05, 0) is 35.6 Å². The van der Waals surface area contributed by atoms with E-state index in [4.69, 9.17) is 0 Å². The van der Waals surface area contributed by atoms with Crippen molar-refractivity contribution in [2.45, 2.75) is 25.3 Å². The molecule has 0 fully saturated rings. The van der Waals surface area contributed by atoms with E-state index in [2.05, 4.69) is 17.4 Å². The van der Waals surface area contributed by atoms with Crippen molar-refractivity contribution in [3.63, 3.8) is 0 Å². The highest BCUT2D eigenvalue weighted by molar-refractivity contribution is 5.91. The lowest BCUT2D eigenvalue weighted by Gasteiger charge is -2.23. The number of hydrogen-bond donors (Lipinski definition) is 1. The Morgan fingerprint density at radius 2 is 1.73 bits per heavy atom.